The molecular weight excluding hydrogens is 319 g/mol. The fraction of sp³-hybridized carbons (Fsp3) is 0.308. The fourth-order valence-electron chi connectivity index (χ4n) is 3.14. The van der Waals surface area contributed by atoms with Crippen LogP contribution in [0.2, 0.25) is 5.21 Å². The van der Waals surface area contributed by atoms with Crippen molar-refractivity contribution in [3.8, 4) is 0 Å². The Morgan fingerprint density at radius 1 is 1.12 bits per heavy atom. The third kappa shape index (κ3) is 2.12. The molecular formula is C13H7B5FN3O3. The SMILES string of the molecule is [B]c1c(N)c2c(c([B])c1F)C(=O)N(C1([B])C(=O)NC(=O)CC1([B])[B])C2. The highest BCUT2D eigenvalue weighted by molar-refractivity contribution is 6.52. The highest BCUT2D eigenvalue weighted by atomic mass is 19.1. The summed E-state index contributed by atoms with van der Waals surface area (Å²) in [5.41, 5.74) is 2.16. The number of rotatable bonds is 1. The van der Waals surface area contributed by atoms with Gasteiger partial charge in [-0.1, -0.05) is 5.21 Å². The average Bonchev–Trinajstić information content (AvgIpc) is 2.86. The zero-order chi connectivity index (χ0) is 18.9. The Hall–Kier alpha value is -2.12. The van der Waals surface area contributed by atoms with Gasteiger partial charge in [0.15, 0.2) is 0 Å². The van der Waals surface area contributed by atoms with E-state index in [9.17, 15) is 18.8 Å². The number of amides is 3. The second-order valence-electron chi connectivity index (χ2n) is 6.16. The zero-order valence-electron chi connectivity index (χ0n) is 12.9. The molecule has 2 aliphatic heterocycles. The van der Waals surface area contributed by atoms with Crippen LogP contribution >= 0.6 is 0 Å². The second-order valence-corrected chi connectivity index (χ2v) is 6.16. The quantitative estimate of drug-likeness (QED) is 0.316. The molecule has 1 unspecified atom stereocenters. The summed E-state index contributed by atoms with van der Waals surface area (Å²) in [7, 11) is 29.0. The predicted octanol–water partition coefficient (Wildman–Crippen LogP) is -3.68. The highest BCUT2D eigenvalue weighted by Crippen LogP contribution is 2.44. The van der Waals surface area contributed by atoms with Gasteiger partial charge < -0.3 is 10.6 Å². The van der Waals surface area contributed by atoms with E-state index in [2.05, 4.69) is 0 Å². The van der Waals surface area contributed by atoms with E-state index in [1.165, 1.54) is 0 Å². The third-order valence-corrected chi connectivity index (χ3v) is 4.62. The molecule has 1 aromatic carbocycles. The predicted molar refractivity (Wildman–Crippen MR) is 91.9 cm³/mol. The minimum Gasteiger partial charge on any atom is -0.399 e. The molecule has 0 aliphatic carbocycles. The number of anilines is 1. The summed E-state index contributed by atoms with van der Waals surface area (Å²) < 4.78 is 14.1. The zero-order valence-corrected chi connectivity index (χ0v) is 12.9. The summed E-state index contributed by atoms with van der Waals surface area (Å²) in [4.78, 5) is 37.5. The van der Waals surface area contributed by atoms with Crippen LogP contribution in [0.15, 0.2) is 0 Å². The lowest BCUT2D eigenvalue weighted by atomic mass is 9.36. The molecule has 1 fully saturated rings. The summed E-state index contributed by atoms with van der Waals surface area (Å²) >= 11 is 0. The Morgan fingerprint density at radius 2 is 1.72 bits per heavy atom. The standard InChI is InChI=1S/C13H7B5FN3O3/c14-6-5-3(9(20)7(15)8(6)19)2-22(10(5)24)13(18)11(25)21-4(23)1-12(13,16)17/h1-2,20H2,(H,21,23,25). The molecule has 10 radical (unpaired) electrons. The molecule has 3 amide bonds. The minimum absolute atomic E-state index is 0.103. The van der Waals surface area contributed by atoms with Gasteiger partial charge in [0.1, 0.15) is 29.4 Å². The van der Waals surface area contributed by atoms with Gasteiger partial charge >= 0.3 is 0 Å². The molecule has 0 aromatic heterocycles. The number of benzene rings is 1. The maximum absolute atomic E-state index is 14.1. The van der Waals surface area contributed by atoms with Crippen molar-refractivity contribution >= 4 is 73.6 Å². The number of nitrogens with zero attached hydrogens (tertiary/aromatic N) is 1. The molecule has 3 rings (SSSR count). The summed E-state index contributed by atoms with van der Waals surface area (Å²) in [5, 5.41) is -0.0880. The van der Waals surface area contributed by atoms with Crippen LogP contribution in [0.4, 0.5) is 10.1 Å². The summed E-state index contributed by atoms with van der Waals surface area (Å²) in [6.07, 6.45) is -0.517. The molecule has 6 nitrogen and oxygen atoms in total. The molecule has 1 aromatic rings. The molecule has 1 atom stereocenters. The van der Waals surface area contributed by atoms with Gasteiger partial charge in [0.25, 0.3) is 5.91 Å². The monoisotopic (exact) mass is 327 g/mol. The molecule has 0 bridgehead atoms. The van der Waals surface area contributed by atoms with Gasteiger partial charge in [0.2, 0.25) is 11.8 Å². The van der Waals surface area contributed by atoms with Crippen LogP contribution in [0.25, 0.3) is 0 Å². The van der Waals surface area contributed by atoms with Gasteiger partial charge in [-0.3, -0.25) is 19.7 Å². The number of halogens is 1. The number of carbonyl (C=O) groups excluding carboxylic acids is 3. The molecule has 2 heterocycles. The number of hydrogen-bond acceptors (Lipinski definition) is 4. The van der Waals surface area contributed by atoms with Gasteiger partial charge in [-0.25, -0.2) is 4.39 Å². The number of nitrogens with two attached hydrogens (primary N) is 1. The van der Waals surface area contributed by atoms with Crippen LogP contribution in [0.1, 0.15) is 22.3 Å². The molecule has 1 saturated heterocycles. The number of nitrogens with one attached hydrogen (secondary N) is 1. The maximum atomic E-state index is 14.1. The Morgan fingerprint density at radius 3 is 2.28 bits per heavy atom. The molecule has 25 heavy (non-hydrogen) atoms. The Balaban J connectivity index is 2.17. The van der Waals surface area contributed by atoms with Gasteiger partial charge in [-0.15, -0.1) is 0 Å². The topological polar surface area (TPSA) is 92.5 Å². The Bertz CT molecular complexity index is 862. The highest BCUT2D eigenvalue weighted by Gasteiger charge is 2.57. The first-order chi connectivity index (χ1) is 11.4. The average molecular weight is 326 g/mol. The van der Waals surface area contributed by atoms with Crippen LogP contribution in [-0.2, 0) is 16.1 Å². The van der Waals surface area contributed by atoms with Gasteiger partial charge in [-0.05, 0) is 10.9 Å². The van der Waals surface area contributed by atoms with Gasteiger partial charge in [0, 0.05) is 29.8 Å². The normalized spacial score (nSPS) is 25.0. The number of nitrogen functional groups attached to an aromatic ring is 1. The van der Waals surface area contributed by atoms with E-state index >= 15 is 0 Å². The first-order valence-corrected chi connectivity index (χ1v) is 7.11. The first-order valence-electron chi connectivity index (χ1n) is 7.11. The lowest BCUT2D eigenvalue weighted by molar-refractivity contribution is -0.139. The van der Waals surface area contributed by atoms with Crippen molar-refractivity contribution in [2.45, 2.75) is 23.6 Å². The molecule has 2 aliphatic rings. The van der Waals surface area contributed by atoms with Crippen LogP contribution in [-0.4, -0.2) is 67.3 Å². The second kappa shape index (κ2) is 5.19. The van der Waals surface area contributed by atoms with Crippen molar-refractivity contribution in [1.29, 1.82) is 0 Å². The van der Waals surface area contributed by atoms with Gasteiger partial charge in [-0.2, -0.15) is 0 Å². The molecule has 0 spiro atoms. The van der Waals surface area contributed by atoms with Gasteiger partial charge in [0.05, 0.1) is 21.1 Å². The largest absolute Gasteiger partial charge is 0.399 e. The molecule has 12 heteroatoms. The smallest absolute Gasteiger partial charge is 0.254 e. The summed E-state index contributed by atoms with van der Waals surface area (Å²) in [6, 6.07) is 0. The molecule has 3 N–H and O–H groups in total. The third-order valence-electron chi connectivity index (χ3n) is 4.62. The lowest BCUT2D eigenvalue weighted by Gasteiger charge is -2.52. The number of piperidine rings is 1. The number of fused-ring (bicyclic) bond motifs is 1. The molecule has 0 saturated carbocycles. The summed E-state index contributed by atoms with van der Waals surface area (Å²) in [6.45, 7) is -0.330. The van der Waals surface area contributed by atoms with Crippen molar-refractivity contribution < 1.29 is 18.8 Å². The Labute approximate surface area is 149 Å². The van der Waals surface area contributed by atoms with Crippen molar-refractivity contribution in [3.05, 3.63) is 16.9 Å². The lowest BCUT2D eigenvalue weighted by Crippen LogP contribution is -2.70. The maximum Gasteiger partial charge on any atom is 0.254 e. The van der Waals surface area contributed by atoms with E-state index in [1.807, 2.05) is 5.32 Å². The number of imide groups is 1. The van der Waals surface area contributed by atoms with Crippen LogP contribution in [0.5, 0.6) is 0 Å². The van der Waals surface area contributed by atoms with Crippen LogP contribution < -0.4 is 22.0 Å². The number of carbonyl (C=O) groups is 3. The fourth-order valence-corrected chi connectivity index (χ4v) is 3.14. The van der Waals surface area contributed by atoms with E-state index in [1.54, 1.807) is 0 Å². The van der Waals surface area contributed by atoms with E-state index in [0.717, 1.165) is 4.90 Å². The van der Waals surface area contributed by atoms with E-state index in [-0.39, 0.29) is 23.4 Å². The van der Waals surface area contributed by atoms with Crippen molar-refractivity contribution in [2.24, 2.45) is 0 Å². The van der Waals surface area contributed by atoms with Crippen molar-refractivity contribution in [1.82, 2.24) is 10.2 Å². The summed E-state index contributed by atoms with van der Waals surface area (Å²) in [5.74, 6) is -3.76. The molecule has 114 valence electrons. The van der Waals surface area contributed by atoms with E-state index < -0.39 is 51.5 Å². The number of hydrogen-bond donors (Lipinski definition) is 2. The van der Waals surface area contributed by atoms with Crippen LogP contribution in [0.3, 0.4) is 0 Å². The minimum atomic E-state index is -2.29. The first kappa shape index (κ1) is 17.7. The van der Waals surface area contributed by atoms with Crippen molar-refractivity contribution in [2.75, 3.05) is 5.73 Å². The Kier molecular flexibility index (Phi) is 3.67. The van der Waals surface area contributed by atoms with E-state index in [4.69, 9.17) is 45.0 Å². The van der Waals surface area contributed by atoms with E-state index in [0.29, 0.717) is 0 Å². The van der Waals surface area contributed by atoms with Crippen LogP contribution in [0, 0.1) is 5.82 Å². The van der Waals surface area contributed by atoms with Crippen molar-refractivity contribution in [3.63, 3.8) is 0 Å².